The van der Waals surface area contributed by atoms with Crippen molar-refractivity contribution >= 4 is 0 Å². The lowest BCUT2D eigenvalue weighted by molar-refractivity contribution is 0.261. The lowest BCUT2D eigenvalue weighted by atomic mass is 9.82. The van der Waals surface area contributed by atoms with Gasteiger partial charge in [-0.1, -0.05) is 31.4 Å². The van der Waals surface area contributed by atoms with Gasteiger partial charge in [0.2, 0.25) is 0 Å². The highest BCUT2D eigenvalue weighted by molar-refractivity contribution is 5.05. The van der Waals surface area contributed by atoms with Crippen molar-refractivity contribution in [1.82, 2.24) is 20.3 Å². The van der Waals surface area contributed by atoms with Gasteiger partial charge in [0.25, 0.3) is 0 Å². The molecule has 1 aromatic rings. The first-order chi connectivity index (χ1) is 8.86. The first kappa shape index (κ1) is 13.5. The number of aromatic nitrogens is 3. The maximum Gasteiger partial charge on any atom is 0.0759 e. The number of aryl methyl sites for hydroxylation is 1. The molecular weight excluding hydrogens is 224 g/mol. The average molecular weight is 250 g/mol. The van der Waals surface area contributed by atoms with Crippen LogP contribution in [0.4, 0.5) is 0 Å². The second kappa shape index (κ2) is 6.88. The molecule has 0 aliphatic heterocycles. The Morgan fingerprint density at radius 1 is 1.33 bits per heavy atom. The summed E-state index contributed by atoms with van der Waals surface area (Å²) < 4.78 is 2.04. The van der Waals surface area contributed by atoms with Crippen LogP contribution in [0.2, 0.25) is 0 Å². The molecule has 1 unspecified atom stereocenters. The quantitative estimate of drug-likeness (QED) is 0.844. The minimum atomic E-state index is 0.445. The fourth-order valence-electron chi connectivity index (χ4n) is 3.03. The molecule has 2 rings (SSSR count). The largest absolute Gasteiger partial charge is 0.308 e. The zero-order valence-electron chi connectivity index (χ0n) is 11.7. The molecule has 1 aromatic heterocycles. The van der Waals surface area contributed by atoms with Crippen LogP contribution >= 0.6 is 0 Å². The Morgan fingerprint density at radius 2 is 2.11 bits per heavy atom. The minimum absolute atomic E-state index is 0.445. The maximum absolute atomic E-state index is 4.19. The van der Waals surface area contributed by atoms with E-state index in [1.165, 1.54) is 44.2 Å². The Kier molecular flexibility index (Phi) is 5.17. The van der Waals surface area contributed by atoms with Crippen molar-refractivity contribution in [3.63, 3.8) is 0 Å². The lowest BCUT2D eigenvalue weighted by Gasteiger charge is -2.31. The molecule has 18 heavy (non-hydrogen) atoms. The highest BCUT2D eigenvalue weighted by Crippen LogP contribution is 2.34. The van der Waals surface area contributed by atoms with Crippen LogP contribution in [0.3, 0.4) is 0 Å². The highest BCUT2D eigenvalue weighted by Gasteiger charge is 2.27. The second-order valence-corrected chi connectivity index (χ2v) is 5.30. The van der Waals surface area contributed by atoms with Gasteiger partial charge in [-0.05, 0) is 38.6 Å². The van der Waals surface area contributed by atoms with E-state index < -0.39 is 0 Å². The van der Waals surface area contributed by atoms with Gasteiger partial charge in [0, 0.05) is 6.54 Å². The van der Waals surface area contributed by atoms with Crippen LogP contribution in [-0.2, 0) is 6.54 Å². The van der Waals surface area contributed by atoms with Gasteiger partial charge in [0.15, 0.2) is 0 Å². The number of hydrogen-bond acceptors (Lipinski definition) is 3. The normalized spacial score (nSPS) is 19.0. The third-order valence-electron chi connectivity index (χ3n) is 4.00. The average Bonchev–Trinajstić information content (AvgIpc) is 2.89. The number of nitrogens with one attached hydrogen (secondary N) is 1. The van der Waals surface area contributed by atoms with Crippen molar-refractivity contribution in [3.8, 4) is 0 Å². The number of rotatable bonds is 6. The fraction of sp³-hybridized carbons (Fsp3) is 0.857. The van der Waals surface area contributed by atoms with E-state index in [0.717, 1.165) is 19.0 Å². The number of hydrogen-bond donors (Lipinski definition) is 1. The van der Waals surface area contributed by atoms with E-state index in [2.05, 4.69) is 29.5 Å². The van der Waals surface area contributed by atoms with Crippen LogP contribution in [0, 0.1) is 5.92 Å². The Hall–Kier alpha value is -0.900. The molecule has 102 valence electrons. The molecule has 1 N–H and O–H groups in total. The molecule has 0 aromatic carbocycles. The first-order valence-electron chi connectivity index (χ1n) is 7.48. The summed E-state index contributed by atoms with van der Waals surface area (Å²) in [6.07, 6.45) is 9.97. The Morgan fingerprint density at radius 3 is 2.78 bits per heavy atom. The molecular formula is C14H26N4. The lowest BCUT2D eigenvalue weighted by Crippen LogP contribution is -2.32. The van der Waals surface area contributed by atoms with Gasteiger partial charge in [-0.15, -0.1) is 5.10 Å². The smallest absolute Gasteiger partial charge is 0.0759 e. The summed E-state index contributed by atoms with van der Waals surface area (Å²) in [5, 5.41) is 12.0. The summed E-state index contributed by atoms with van der Waals surface area (Å²) in [6.45, 7) is 6.35. The zero-order valence-corrected chi connectivity index (χ0v) is 11.7. The van der Waals surface area contributed by atoms with E-state index in [4.69, 9.17) is 0 Å². The third kappa shape index (κ3) is 3.10. The van der Waals surface area contributed by atoms with Crippen molar-refractivity contribution in [3.05, 3.63) is 11.9 Å². The van der Waals surface area contributed by atoms with E-state index >= 15 is 0 Å². The van der Waals surface area contributed by atoms with E-state index in [-0.39, 0.29) is 0 Å². The van der Waals surface area contributed by atoms with Crippen molar-refractivity contribution in [1.29, 1.82) is 0 Å². The van der Waals surface area contributed by atoms with Crippen LogP contribution in [0.5, 0.6) is 0 Å². The second-order valence-electron chi connectivity index (χ2n) is 5.30. The molecule has 4 nitrogen and oxygen atoms in total. The first-order valence-corrected chi connectivity index (χ1v) is 7.48. The molecule has 1 heterocycles. The van der Waals surface area contributed by atoms with Crippen molar-refractivity contribution in [2.75, 3.05) is 6.54 Å². The third-order valence-corrected chi connectivity index (χ3v) is 4.00. The van der Waals surface area contributed by atoms with Gasteiger partial charge in [-0.25, -0.2) is 4.68 Å². The highest BCUT2D eigenvalue weighted by atomic mass is 15.4. The molecule has 1 saturated carbocycles. The summed E-state index contributed by atoms with van der Waals surface area (Å²) in [7, 11) is 0. The molecule has 1 fully saturated rings. The Labute approximate surface area is 110 Å². The van der Waals surface area contributed by atoms with E-state index in [1.54, 1.807) is 0 Å². The van der Waals surface area contributed by atoms with Crippen LogP contribution in [-0.4, -0.2) is 21.5 Å². The minimum Gasteiger partial charge on any atom is -0.308 e. The van der Waals surface area contributed by atoms with E-state index in [0.29, 0.717) is 6.04 Å². The van der Waals surface area contributed by atoms with Crippen molar-refractivity contribution < 1.29 is 0 Å². The molecule has 0 spiro atoms. The molecule has 0 bridgehead atoms. The standard InChI is InChI=1S/C14H26N4/c1-3-10-15-14(12-8-6-5-7-9-12)13-11-16-17-18(13)4-2/h11-12,14-15H,3-10H2,1-2H3. The monoisotopic (exact) mass is 250 g/mol. The van der Waals surface area contributed by atoms with Crippen LogP contribution in [0.1, 0.15) is 64.1 Å². The zero-order chi connectivity index (χ0) is 12.8. The molecule has 1 aliphatic carbocycles. The molecule has 1 atom stereocenters. The molecule has 0 saturated heterocycles. The summed E-state index contributed by atoms with van der Waals surface area (Å²) in [4.78, 5) is 0. The van der Waals surface area contributed by atoms with Crippen LogP contribution < -0.4 is 5.32 Å². The number of nitrogens with zero attached hydrogens (tertiary/aromatic N) is 3. The van der Waals surface area contributed by atoms with Crippen molar-refractivity contribution in [2.24, 2.45) is 5.92 Å². The summed E-state index contributed by atoms with van der Waals surface area (Å²) in [5.74, 6) is 0.758. The molecule has 0 radical (unpaired) electrons. The van der Waals surface area contributed by atoms with E-state index in [9.17, 15) is 0 Å². The Bertz CT molecular complexity index is 341. The van der Waals surface area contributed by atoms with Gasteiger partial charge in [-0.3, -0.25) is 0 Å². The van der Waals surface area contributed by atoms with Gasteiger partial charge < -0.3 is 5.32 Å². The van der Waals surface area contributed by atoms with Gasteiger partial charge >= 0.3 is 0 Å². The van der Waals surface area contributed by atoms with Gasteiger partial charge in [0.1, 0.15) is 0 Å². The van der Waals surface area contributed by atoms with Gasteiger partial charge in [0.05, 0.1) is 17.9 Å². The summed E-state index contributed by atoms with van der Waals surface area (Å²) in [5.41, 5.74) is 1.28. The fourth-order valence-corrected chi connectivity index (χ4v) is 3.03. The topological polar surface area (TPSA) is 42.7 Å². The predicted octanol–water partition coefficient (Wildman–Crippen LogP) is 2.92. The Balaban J connectivity index is 2.12. The summed E-state index contributed by atoms with van der Waals surface area (Å²) >= 11 is 0. The SMILES string of the molecule is CCCNC(c1cnnn1CC)C1CCCCC1. The molecule has 4 heteroatoms. The maximum atomic E-state index is 4.19. The molecule has 1 aliphatic rings. The van der Waals surface area contributed by atoms with Crippen LogP contribution in [0.25, 0.3) is 0 Å². The van der Waals surface area contributed by atoms with Gasteiger partial charge in [-0.2, -0.15) is 0 Å². The van der Waals surface area contributed by atoms with E-state index in [1.807, 2.05) is 10.9 Å². The molecule has 0 amide bonds. The predicted molar refractivity (Wildman–Crippen MR) is 73.3 cm³/mol. The van der Waals surface area contributed by atoms with Crippen molar-refractivity contribution in [2.45, 2.75) is 65.0 Å². The van der Waals surface area contributed by atoms with Crippen LogP contribution in [0.15, 0.2) is 6.20 Å². The summed E-state index contributed by atoms with van der Waals surface area (Å²) in [6, 6.07) is 0.445.